The Morgan fingerprint density at radius 2 is 1.89 bits per heavy atom. The van der Waals surface area contributed by atoms with Gasteiger partial charge in [-0.2, -0.15) is 13.2 Å². The summed E-state index contributed by atoms with van der Waals surface area (Å²) in [4.78, 5) is 27.1. The number of nitrogens with one attached hydrogen (secondary N) is 1. The van der Waals surface area contributed by atoms with Crippen molar-refractivity contribution >= 4 is 17.5 Å². The number of alkyl halides is 3. The fraction of sp³-hybridized carbons (Fsp3) is 0.643. The summed E-state index contributed by atoms with van der Waals surface area (Å²) in [6.07, 6.45) is 6.17. The van der Waals surface area contributed by atoms with E-state index in [1.807, 2.05) is 11.9 Å². The lowest BCUT2D eigenvalue weighted by molar-refractivity contribution is -0.139. The van der Waals surface area contributed by atoms with Gasteiger partial charge in [0.25, 0.3) is 0 Å². The maximum Gasteiger partial charge on any atom is 0.416 e. The molecule has 4 nitrogen and oxygen atoms in total. The summed E-state index contributed by atoms with van der Waals surface area (Å²) in [5, 5.41) is 2.72. The van der Waals surface area contributed by atoms with E-state index in [4.69, 9.17) is 0 Å². The van der Waals surface area contributed by atoms with Gasteiger partial charge >= 0.3 is 6.18 Å². The highest BCUT2D eigenvalue weighted by Crippen LogP contribution is 2.66. The van der Waals surface area contributed by atoms with E-state index in [-0.39, 0.29) is 40.3 Å². The molecule has 3 aliphatic carbocycles. The average Bonchev–Trinajstić information content (AvgIpc) is 3.12. The van der Waals surface area contributed by atoms with E-state index in [0.717, 1.165) is 50.7 Å². The van der Waals surface area contributed by atoms with Crippen molar-refractivity contribution in [2.75, 3.05) is 12.4 Å². The number of halogens is 3. The van der Waals surface area contributed by atoms with Crippen molar-refractivity contribution in [3.8, 4) is 0 Å². The summed E-state index contributed by atoms with van der Waals surface area (Å²) < 4.78 is 39.1. The topological polar surface area (TPSA) is 49.4 Å². The molecule has 0 radical (unpaired) electrons. The monoisotopic (exact) mass is 488 g/mol. The third-order valence-corrected chi connectivity index (χ3v) is 10.2. The molecule has 35 heavy (non-hydrogen) atoms. The molecule has 4 unspecified atom stereocenters. The van der Waals surface area contributed by atoms with Crippen LogP contribution in [0.2, 0.25) is 0 Å². The fourth-order valence-electron chi connectivity index (χ4n) is 8.39. The van der Waals surface area contributed by atoms with Crippen LogP contribution < -0.4 is 5.32 Å². The van der Waals surface area contributed by atoms with Crippen LogP contribution >= 0.6 is 0 Å². The van der Waals surface area contributed by atoms with E-state index < -0.39 is 11.7 Å². The molecule has 0 spiro atoms. The van der Waals surface area contributed by atoms with Crippen molar-refractivity contribution in [1.29, 1.82) is 0 Å². The maximum absolute atomic E-state index is 13.0. The van der Waals surface area contributed by atoms with Gasteiger partial charge < -0.3 is 10.2 Å². The van der Waals surface area contributed by atoms with Gasteiger partial charge in [0.1, 0.15) is 0 Å². The van der Waals surface area contributed by atoms with E-state index in [9.17, 15) is 22.8 Å². The zero-order chi connectivity index (χ0) is 25.2. The van der Waals surface area contributed by atoms with Crippen LogP contribution in [0.15, 0.2) is 36.4 Å². The molecule has 0 bridgehead atoms. The highest BCUT2D eigenvalue weighted by atomic mass is 19.4. The number of hydrogen-bond donors (Lipinski definition) is 1. The molecule has 1 aromatic rings. The van der Waals surface area contributed by atoms with E-state index >= 15 is 0 Å². The molecular weight excluding hydrogens is 453 g/mol. The van der Waals surface area contributed by atoms with Crippen LogP contribution in [0.5, 0.6) is 0 Å². The molecule has 1 N–H and O–H groups in total. The molecule has 5 rings (SSSR count). The molecule has 4 aliphatic rings. The molecule has 190 valence electrons. The normalized spacial score (nSPS) is 38.5. The minimum Gasteiger partial charge on any atom is -0.338 e. The van der Waals surface area contributed by atoms with Gasteiger partial charge in [0.2, 0.25) is 11.8 Å². The van der Waals surface area contributed by atoms with Gasteiger partial charge in [-0.25, -0.2) is 0 Å². The minimum atomic E-state index is -4.43. The predicted octanol–water partition coefficient (Wildman–Crippen LogP) is 6.29. The van der Waals surface area contributed by atoms with Crippen LogP contribution in [0, 0.1) is 34.5 Å². The number of anilines is 1. The number of likely N-dealkylation sites (N-methyl/N-ethyl adjacent to an activating group) is 1. The first-order valence-corrected chi connectivity index (χ1v) is 12.9. The van der Waals surface area contributed by atoms with Crippen molar-refractivity contribution in [1.82, 2.24) is 4.90 Å². The van der Waals surface area contributed by atoms with Crippen molar-refractivity contribution in [3.63, 3.8) is 0 Å². The van der Waals surface area contributed by atoms with E-state index in [1.54, 1.807) is 6.08 Å². The zero-order valence-corrected chi connectivity index (χ0v) is 20.7. The Balaban J connectivity index is 1.29. The lowest BCUT2D eigenvalue weighted by Crippen LogP contribution is -2.59. The first-order chi connectivity index (χ1) is 16.4. The molecule has 1 aromatic carbocycles. The van der Waals surface area contributed by atoms with Crippen molar-refractivity contribution in [2.45, 2.75) is 71.0 Å². The van der Waals surface area contributed by atoms with Crippen LogP contribution in [0.4, 0.5) is 18.9 Å². The van der Waals surface area contributed by atoms with Crippen molar-refractivity contribution < 1.29 is 22.8 Å². The first kappa shape index (κ1) is 24.4. The van der Waals surface area contributed by atoms with Gasteiger partial charge in [-0.1, -0.05) is 26.0 Å². The standard InChI is InChI=1S/C28H35F3N2O2/c1-26-13-11-22-20(8-10-23-27(22,2)14-12-25(35)33(23)3)21(26)9-7-17(26)16-24(34)32-19-6-4-5-18(15-19)28(29,30)31/h4-6,12,14-15,17,20-23H,7-11,13,16H2,1-3H3,(H,32,34)/t17-,20?,21?,22?,23?,26-,27-/m1/s1. The average molecular weight is 489 g/mol. The van der Waals surface area contributed by atoms with Gasteiger partial charge in [0, 0.05) is 30.6 Å². The number of benzene rings is 1. The van der Waals surface area contributed by atoms with Crippen molar-refractivity contribution in [3.05, 3.63) is 42.0 Å². The number of carbonyl (C=O) groups is 2. The smallest absolute Gasteiger partial charge is 0.338 e. The Morgan fingerprint density at radius 1 is 1.11 bits per heavy atom. The van der Waals surface area contributed by atoms with Gasteiger partial charge in [0.05, 0.1) is 5.56 Å². The number of nitrogens with zero attached hydrogens (tertiary/aromatic N) is 1. The van der Waals surface area contributed by atoms with E-state index in [2.05, 4.69) is 25.2 Å². The molecule has 3 fully saturated rings. The molecule has 7 atom stereocenters. The molecule has 1 aliphatic heterocycles. The number of rotatable bonds is 3. The Kier molecular flexibility index (Phi) is 5.84. The summed E-state index contributed by atoms with van der Waals surface area (Å²) in [6, 6.07) is 5.10. The molecule has 1 heterocycles. The quantitative estimate of drug-likeness (QED) is 0.544. The van der Waals surface area contributed by atoms with Crippen LogP contribution in [0.25, 0.3) is 0 Å². The summed E-state index contributed by atoms with van der Waals surface area (Å²) in [6.45, 7) is 4.66. The van der Waals surface area contributed by atoms with Crippen LogP contribution in [0.3, 0.4) is 0 Å². The highest BCUT2D eigenvalue weighted by Gasteiger charge is 2.60. The maximum atomic E-state index is 13.0. The zero-order valence-electron chi connectivity index (χ0n) is 20.7. The van der Waals surface area contributed by atoms with Gasteiger partial charge in [0.15, 0.2) is 0 Å². The number of amides is 2. The Bertz CT molecular complexity index is 1050. The van der Waals surface area contributed by atoms with Gasteiger partial charge in [-0.3, -0.25) is 9.59 Å². The summed E-state index contributed by atoms with van der Waals surface area (Å²) in [5.74, 6) is 1.78. The second kappa shape index (κ2) is 8.38. The fourth-order valence-corrected chi connectivity index (χ4v) is 8.39. The molecule has 0 saturated heterocycles. The number of fused-ring (bicyclic) bond motifs is 5. The van der Waals surface area contributed by atoms with E-state index in [0.29, 0.717) is 24.2 Å². The largest absolute Gasteiger partial charge is 0.416 e. The third-order valence-electron chi connectivity index (χ3n) is 10.2. The molecular formula is C28H35F3N2O2. The lowest BCUT2D eigenvalue weighted by Gasteiger charge is -2.60. The third kappa shape index (κ3) is 3.99. The van der Waals surface area contributed by atoms with E-state index in [1.165, 1.54) is 12.1 Å². The Morgan fingerprint density at radius 3 is 2.63 bits per heavy atom. The van der Waals surface area contributed by atoms with Gasteiger partial charge in [-0.05, 0) is 91.9 Å². The van der Waals surface area contributed by atoms with Crippen LogP contribution in [-0.2, 0) is 15.8 Å². The Labute approximate surface area is 205 Å². The second-order valence-corrected chi connectivity index (χ2v) is 11.8. The number of carbonyl (C=O) groups excluding carboxylic acids is 2. The van der Waals surface area contributed by atoms with Crippen LogP contribution in [0.1, 0.15) is 64.4 Å². The predicted molar refractivity (Wildman–Crippen MR) is 128 cm³/mol. The number of hydrogen-bond acceptors (Lipinski definition) is 2. The minimum absolute atomic E-state index is 0.00807. The first-order valence-electron chi connectivity index (χ1n) is 12.9. The molecule has 7 heteroatoms. The SMILES string of the molecule is CN1C(=O)C=C[C@]2(C)C3CC[C@@]4(C)C(CC[C@@H]4CC(=O)Nc4cccc(C(F)(F)F)c4)C3CCC12. The summed E-state index contributed by atoms with van der Waals surface area (Å²) in [5.41, 5.74) is -0.501. The lowest BCUT2D eigenvalue weighted by atomic mass is 9.47. The highest BCUT2D eigenvalue weighted by molar-refractivity contribution is 5.91. The molecule has 0 aromatic heterocycles. The second-order valence-electron chi connectivity index (χ2n) is 11.8. The summed E-state index contributed by atoms with van der Waals surface area (Å²) in [7, 11) is 1.93. The van der Waals surface area contributed by atoms with Crippen molar-refractivity contribution in [2.24, 2.45) is 34.5 Å². The summed E-state index contributed by atoms with van der Waals surface area (Å²) >= 11 is 0. The van der Waals surface area contributed by atoms with Gasteiger partial charge in [-0.15, -0.1) is 0 Å². The van der Waals surface area contributed by atoms with Crippen LogP contribution in [-0.4, -0.2) is 29.8 Å². The molecule has 2 amide bonds. The molecule has 3 saturated carbocycles. The Hall–Kier alpha value is -2.31.